The summed E-state index contributed by atoms with van der Waals surface area (Å²) in [6.45, 7) is 2.78. The van der Waals surface area contributed by atoms with Crippen LogP contribution < -0.4 is 5.32 Å². The van der Waals surface area contributed by atoms with Gasteiger partial charge in [0, 0.05) is 39.0 Å². The molecule has 0 bridgehead atoms. The molecular weight excluding hydrogens is 290 g/mol. The first-order chi connectivity index (χ1) is 10.4. The first kappa shape index (κ1) is 16.1. The predicted molar refractivity (Wildman–Crippen MR) is 78.6 cm³/mol. The Labute approximate surface area is 130 Å². The molecule has 2 heterocycles. The van der Waals surface area contributed by atoms with Gasteiger partial charge in [0.15, 0.2) is 0 Å². The van der Waals surface area contributed by atoms with Gasteiger partial charge in [-0.25, -0.2) is 8.78 Å². The monoisotopic (exact) mass is 316 g/mol. The summed E-state index contributed by atoms with van der Waals surface area (Å²) >= 11 is 0. The number of hydrogen-bond donors (Lipinski definition) is 2. The molecule has 0 aromatic rings. The van der Waals surface area contributed by atoms with Crippen LogP contribution in [0.4, 0.5) is 8.78 Å². The van der Waals surface area contributed by atoms with Gasteiger partial charge in [-0.3, -0.25) is 4.79 Å². The molecule has 0 aromatic heterocycles. The minimum Gasteiger partial charge on any atom is -0.392 e. The highest BCUT2D eigenvalue weighted by molar-refractivity contribution is 5.84. The number of piperidine rings is 2. The topological polar surface area (TPSA) is 52.6 Å². The van der Waals surface area contributed by atoms with E-state index in [1.165, 1.54) is 0 Å². The summed E-state index contributed by atoms with van der Waals surface area (Å²) < 4.78 is 26.5. The van der Waals surface area contributed by atoms with Crippen molar-refractivity contribution in [1.29, 1.82) is 0 Å². The van der Waals surface area contributed by atoms with Crippen molar-refractivity contribution in [1.82, 2.24) is 10.2 Å². The Hall–Kier alpha value is -0.750. The summed E-state index contributed by atoms with van der Waals surface area (Å²) in [5.74, 6) is -2.23. The predicted octanol–water partition coefficient (Wildman–Crippen LogP) is 1.77. The molecule has 126 valence electrons. The van der Waals surface area contributed by atoms with Crippen LogP contribution in [0.3, 0.4) is 0 Å². The zero-order valence-electron chi connectivity index (χ0n) is 13.0. The third-order valence-electron chi connectivity index (χ3n) is 5.75. The number of likely N-dealkylation sites (tertiary alicyclic amines) is 1. The van der Waals surface area contributed by atoms with Crippen molar-refractivity contribution in [2.45, 2.75) is 57.0 Å². The SMILES string of the molecule is O=C1NCCC[C@]12CN(CC1CCC(F)(F)CC1)CC[C@H]2O. The average molecular weight is 316 g/mol. The largest absolute Gasteiger partial charge is 0.392 e. The Kier molecular flexibility index (Phi) is 4.42. The van der Waals surface area contributed by atoms with Crippen molar-refractivity contribution in [3.05, 3.63) is 0 Å². The van der Waals surface area contributed by atoms with Crippen LogP contribution in [0, 0.1) is 11.3 Å². The Balaban J connectivity index is 1.60. The van der Waals surface area contributed by atoms with E-state index in [4.69, 9.17) is 0 Å². The maximum absolute atomic E-state index is 13.2. The lowest BCUT2D eigenvalue weighted by molar-refractivity contribution is -0.149. The number of rotatable bonds is 2. The molecular formula is C16H26F2N2O2. The van der Waals surface area contributed by atoms with E-state index < -0.39 is 17.4 Å². The highest BCUT2D eigenvalue weighted by Crippen LogP contribution is 2.40. The molecule has 2 atom stereocenters. The van der Waals surface area contributed by atoms with E-state index in [1.807, 2.05) is 0 Å². The fourth-order valence-electron chi connectivity index (χ4n) is 4.33. The number of carbonyl (C=O) groups is 1. The fourth-order valence-corrected chi connectivity index (χ4v) is 4.33. The van der Waals surface area contributed by atoms with Crippen molar-refractivity contribution < 1.29 is 18.7 Å². The maximum Gasteiger partial charge on any atom is 0.248 e. The van der Waals surface area contributed by atoms with Gasteiger partial charge in [0.25, 0.3) is 0 Å². The molecule has 1 spiro atoms. The highest BCUT2D eigenvalue weighted by atomic mass is 19.3. The van der Waals surface area contributed by atoms with Crippen molar-refractivity contribution in [2.24, 2.45) is 11.3 Å². The zero-order valence-corrected chi connectivity index (χ0v) is 13.0. The van der Waals surface area contributed by atoms with Crippen LogP contribution in [0.5, 0.6) is 0 Å². The van der Waals surface area contributed by atoms with Crippen molar-refractivity contribution in [3.8, 4) is 0 Å². The Morgan fingerprint density at radius 3 is 2.64 bits per heavy atom. The van der Waals surface area contributed by atoms with Gasteiger partial charge >= 0.3 is 0 Å². The number of carbonyl (C=O) groups excluding carboxylic acids is 1. The average Bonchev–Trinajstić information content (AvgIpc) is 2.48. The van der Waals surface area contributed by atoms with E-state index in [0.29, 0.717) is 38.3 Å². The third kappa shape index (κ3) is 3.13. The van der Waals surface area contributed by atoms with E-state index in [9.17, 15) is 18.7 Å². The van der Waals surface area contributed by atoms with Crippen LogP contribution in [0.25, 0.3) is 0 Å². The lowest BCUT2D eigenvalue weighted by atomic mass is 9.71. The molecule has 1 amide bonds. The Morgan fingerprint density at radius 1 is 1.23 bits per heavy atom. The maximum atomic E-state index is 13.2. The second-order valence-corrected chi connectivity index (χ2v) is 7.35. The number of nitrogens with zero attached hydrogens (tertiary/aromatic N) is 1. The zero-order chi connectivity index (χ0) is 15.8. The Bertz CT molecular complexity index is 422. The number of amides is 1. The van der Waals surface area contributed by atoms with Crippen LogP contribution in [0.15, 0.2) is 0 Å². The lowest BCUT2D eigenvalue weighted by Gasteiger charge is -2.48. The number of hydrogen-bond acceptors (Lipinski definition) is 3. The molecule has 0 radical (unpaired) electrons. The molecule has 3 fully saturated rings. The van der Waals surface area contributed by atoms with E-state index in [-0.39, 0.29) is 18.7 Å². The molecule has 3 rings (SSSR count). The molecule has 0 unspecified atom stereocenters. The summed E-state index contributed by atoms with van der Waals surface area (Å²) in [6.07, 6.45) is 2.72. The smallest absolute Gasteiger partial charge is 0.248 e. The minimum absolute atomic E-state index is 0.0141. The second-order valence-electron chi connectivity index (χ2n) is 7.35. The summed E-state index contributed by atoms with van der Waals surface area (Å²) in [7, 11) is 0. The van der Waals surface area contributed by atoms with Gasteiger partial charge in [-0.1, -0.05) is 0 Å². The van der Waals surface area contributed by atoms with Crippen molar-refractivity contribution in [2.75, 3.05) is 26.2 Å². The number of alkyl halides is 2. The molecule has 22 heavy (non-hydrogen) atoms. The summed E-state index contributed by atoms with van der Waals surface area (Å²) in [4.78, 5) is 14.5. The molecule has 3 aliphatic rings. The van der Waals surface area contributed by atoms with Crippen LogP contribution in [0.2, 0.25) is 0 Å². The van der Waals surface area contributed by atoms with Crippen LogP contribution in [0.1, 0.15) is 44.9 Å². The van der Waals surface area contributed by atoms with Crippen molar-refractivity contribution in [3.63, 3.8) is 0 Å². The Morgan fingerprint density at radius 2 is 1.95 bits per heavy atom. The van der Waals surface area contributed by atoms with Crippen LogP contribution in [-0.2, 0) is 4.79 Å². The van der Waals surface area contributed by atoms with E-state index >= 15 is 0 Å². The van der Waals surface area contributed by atoms with E-state index in [2.05, 4.69) is 10.2 Å². The summed E-state index contributed by atoms with van der Waals surface area (Å²) in [5.41, 5.74) is -0.685. The van der Waals surface area contributed by atoms with Gasteiger partial charge < -0.3 is 15.3 Å². The lowest BCUT2D eigenvalue weighted by Crippen LogP contribution is -2.61. The van der Waals surface area contributed by atoms with Gasteiger partial charge in [0.2, 0.25) is 11.8 Å². The number of aliphatic hydroxyl groups is 1. The van der Waals surface area contributed by atoms with Gasteiger partial charge in [-0.05, 0) is 38.0 Å². The number of aliphatic hydroxyl groups excluding tert-OH is 1. The second kappa shape index (κ2) is 6.04. The van der Waals surface area contributed by atoms with Crippen molar-refractivity contribution >= 4 is 5.91 Å². The molecule has 2 N–H and O–H groups in total. The molecule has 0 aromatic carbocycles. The molecule has 1 saturated carbocycles. The van der Waals surface area contributed by atoms with Crippen LogP contribution >= 0.6 is 0 Å². The van der Waals surface area contributed by atoms with Gasteiger partial charge in [0.1, 0.15) is 0 Å². The van der Waals surface area contributed by atoms with E-state index in [1.54, 1.807) is 0 Å². The minimum atomic E-state index is -2.49. The first-order valence-corrected chi connectivity index (χ1v) is 8.48. The summed E-state index contributed by atoms with van der Waals surface area (Å²) in [5, 5.41) is 13.2. The summed E-state index contributed by atoms with van der Waals surface area (Å²) in [6, 6.07) is 0. The molecule has 2 aliphatic heterocycles. The van der Waals surface area contributed by atoms with E-state index in [0.717, 1.165) is 25.9 Å². The number of halogens is 2. The third-order valence-corrected chi connectivity index (χ3v) is 5.75. The highest BCUT2D eigenvalue weighted by Gasteiger charge is 2.50. The normalized spacial score (nSPS) is 37.2. The van der Waals surface area contributed by atoms with Gasteiger partial charge in [0.05, 0.1) is 11.5 Å². The molecule has 6 heteroatoms. The molecule has 1 aliphatic carbocycles. The van der Waals surface area contributed by atoms with Crippen LogP contribution in [-0.4, -0.2) is 54.1 Å². The quantitative estimate of drug-likeness (QED) is 0.816. The molecule has 2 saturated heterocycles. The fraction of sp³-hybridized carbons (Fsp3) is 0.938. The number of nitrogens with one attached hydrogen (secondary N) is 1. The first-order valence-electron chi connectivity index (χ1n) is 8.48. The van der Waals surface area contributed by atoms with Gasteiger partial charge in [-0.2, -0.15) is 0 Å². The standard InChI is InChI=1S/C16H26F2N2O2/c17-16(18)6-2-12(3-7-16)10-20-9-4-13(21)15(11-20)5-1-8-19-14(15)22/h12-13,21H,1-11H2,(H,19,22)/t13-,15-/m1/s1. The van der Waals surface area contributed by atoms with Gasteiger partial charge in [-0.15, -0.1) is 0 Å². The molecule has 4 nitrogen and oxygen atoms in total.